The van der Waals surface area contributed by atoms with Gasteiger partial charge < -0.3 is 30.5 Å². The molecule has 0 saturated heterocycles. The molecule has 3 amide bonds. The summed E-state index contributed by atoms with van der Waals surface area (Å²) in [7, 11) is 0. The zero-order chi connectivity index (χ0) is 31.7. The van der Waals surface area contributed by atoms with Crippen LogP contribution in [0.15, 0.2) is 61.2 Å². The first-order valence-corrected chi connectivity index (χ1v) is 14.6. The predicted octanol–water partition coefficient (Wildman–Crippen LogP) is 3.68. The van der Waals surface area contributed by atoms with Crippen molar-refractivity contribution in [1.29, 1.82) is 0 Å². The summed E-state index contributed by atoms with van der Waals surface area (Å²) in [4.78, 5) is 50.9. The van der Waals surface area contributed by atoms with Crippen LogP contribution in [0.25, 0.3) is 11.1 Å². The number of aliphatic hydroxyl groups excluding tert-OH is 1. The largest absolute Gasteiger partial charge is 0.461 e. The Morgan fingerprint density at radius 2 is 1.42 bits per heavy atom. The zero-order valence-corrected chi connectivity index (χ0v) is 25.5. The number of ether oxygens (including phenoxy) is 2. The lowest BCUT2D eigenvalue weighted by atomic mass is 9.96. The maximum atomic E-state index is 13.1. The number of amides is 3. The number of alkyl carbamates (subject to hydrolysis) is 1. The van der Waals surface area contributed by atoms with Gasteiger partial charge in [-0.1, -0.05) is 88.9 Å². The SMILES string of the molecule is C=CCOC(=O)C[C@H](O)[C@H](NC(=O)C(C)NC(=O)C(NC(=O)OCC1c2ccccc2-c2ccccc21)C(C)C)C(C)C. The molecule has 0 fully saturated rings. The highest BCUT2D eigenvalue weighted by Crippen LogP contribution is 2.44. The van der Waals surface area contributed by atoms with Crippen molar-refractivity contribution in [2.24, 2.45) is 11.8 Å². The number of aliphatic hydroxyl groups is 1. The summed E-state index contributed by atoms with van der Waals surface area (Å²) in [6.45, 7) is 12.2. The van der Waals surface area contributed by atoms with E-state index in [1.807, 2.05) is 48.5 Å². The van der Waals surface area contributed by atoms with Crippen molar-refractivity contribution in [3.63, 3.8) is 0 Å². The van der Waals surface area contributed by atoms with Crippen LogP contribution in [0.4, 0.5) is 4.79 Å². The minimum Gasteiger partial charge on any atom is -0.461 e. The average molecular weight is 594 g/mol. The summed E-state index contributed by atoms with van der Waals surface area (Å²) in [5.41, 5.74) is 4.37. The number of carbonyl (C=O) groups is 4. The zero-order valence-electron chi connectivity index (χ0n) is 25.5. The minimum absolute atomic E-state index is 0.0222. The number of fused-ring (bicyclic) bond motifs is 3. The molecule has 0 spiro atoms. The van der Waals surface area contributed by atoms with Crippen molar-refractivity contribution in [2.45, 2.75) is 71.2 Å². The Labute approximate surface area is 253 Å². The number of nitrogens with one attached hydrogen (secondary N) is 3. The van der Waals surface area contributed by atoms with E-state index in [4.69, 9.17) is 9.47 Å². The molecule has 1 aliphatic rings. The molecule has 0 bridgehead atoms. The molecule has 43 heavy (non-hydrogen) atoms. The van der Waals surface area contributed by atoms with Crippen molar-refractivity contribution < 1.29 is 33.8 Å². The highest BCUT2D eigenvalue weighted by molar-refractivity contribution is 5.91. The maximum absolute atomic E-state index is 13.1. The number of hydrogen-bond acceptors (Lipinski definition) is 7. The van der Waals surface area contributed by atoms with Gasteiger partial charge in [0.15, 0.2) is 0 Å². The van der Waals surface area contributed by atoms with E-state index >= 15 is 0 Å². The van der Waals surface area contributed by atoms with Gasteiger partial charge in [0.05, 0.1) is 18.6 Å². The molecule has 3 rings (SSSR count). The molecular formula is C33H43N3O7. The molecule has 0 saturated carbocycles. The molecule has 0 aliphatic heterocycles. The van der Waals surface area contributed by atoms with Crippen LogP contribution < -0.4 is 16.0 Å². The Morgan fingerprint density at radius 3 is 1.95 bits per heavy atom. The predicted molar refractivity (Wildman–Crippen MR) is 163 cm³/mol. The van der Waals surface area contributed by atoms with Crippen LogP contribution in [0.3, 0.4) is 0 Å². The van der Waals surface area contributed by atoms with Gasteiger partial charge in [0.1, 0.15) is 25.3 Å². The van der Waals surface area contributed by atoms with Gasteiger partial charge >= 0.3 is 12.1 Å². The monoisotopic (exact) mass is 593 g/mol. The molecule has 2 unspecified atom stereocenters. The highest BCUT2D eigenvalue weighted by atomic mass is 16.5. The van der Waals surface area contributed by atoms with Gasteiger partial charge in [-0.2, -0.15) is 0 Å². The number of esters is 1. The van der Waals surface area contributed by atoms with E-state index in [0.29, 0.717) is 0 Å². The molecule has 2 aromatic rings. The Bertz CT molecular complexity index is 1260. The van der Waals surface area contributed by atoms with Crippen LogP contribution in [0.2, 0.25) is 0 Å². The molecule has 10 heteroatoms. The summed E-state index contributed by atoms with van der Waals surface area (Å²) >= 11 is 0. The number of rotatable bonds is 14. The summed E-state index contributed by atoms with van der Waals surface area (Å²) < 4.78 is 10.5. The molecule has 10 nitrogen and oxygen atoms in total. The van der Waals surface area contributed by atoms with E-state index in [1.165, 1.54) is 13.0 Å². The third-order valence-electron chi connectivity index (χ3n) is 7.50. The number of benzene rings is 2. The fraction of sp³-hybridized carbons (Fsp3) is 0.455. The van der Waals surface area contributed by atoms with Crippen molar-refractivity contribution in [1.82, 2.24) is 16.0 Å². The first-order chi connectivity index (χ1) is 20.4. The van der Waals surface area contributed by atoms with Gasteiger partial charge in [0.2, 0.25) is 11.8 Å². The standard InChI is InChI=1S/C33H43N3O7/c1-7-16-42-28(38)17-27(37)29(19(2)3)35-31(39)21(6)34-32(40)30(20(4)5)36-33(41)43-18-26-24-14-10-8-12-22(24)23-13-9-11-15-25(23)26/h7-15,19-21,26-27,29-30,37H,1,16-18H2,2-6H3,(H,34,40)(H,35,39)(H,36,41)/t21?,27-,29+,30?/m0/s1. The van der Waals surface area contributed by atoms with Crippen molar-refractivity contribution in [3.05, 3.63) is 72.3 Å². The van der Waals surface area contributed by atoms with Crippen LogP contribution in [-0.4, -0.2) is 66.4 Å². The Balaban J connectivity index is 1.57. The second-order valence-electron chi connectivity index (χ2n) is 11.4. The molecule has 1 aliphatic carbocycles. The van der Waals surface area contributed by atoms with E-state index < -0.39 is 48.1 Å². The summed E-state index contributed by atoms with van der Waals surface area (Å²) in [6, 6.07) is 13.3. The van der Waals surface area contributed by atoms with Gasteiger partial charge in [0, 0.05) is 5.92 Å². The van der Waals surface area contributed by atoms with Gasteiger partial charge in [-0.25, -0.2) is 4.79 Å². The third-order valence-corrected chi connectivity index (χ3v) is 7.50. The second-order valence-corrected chi connectivity index (χ2v) is 11.4. The van der Waals surface area contributed by atoms with E-state index in [0.717, 1.165) is 22.3 Å². The van der Waals surface area contributed by atoms with Crippen LogP contribution in [-0.2, 0) is 23.9 Å². The highest BCUT2D eigenvalue weighted by Gasteiger charge is 2.33. The second kappa shape index (κ2) is 15.3. The molecule has 4 N–H and O–H groups in total. The fourth-order valence-electron chi connectivity index (χ4n) is 5.18. The van der Waals surface area contributed by atoms with Gasteiger partial charge in [-0.3, -0.25) is 14.4 Å². The first-order valence-electron chi connectivity index (χ1n) is 14.6. The Morgan fingerprint density at radius 1 is 0.837 bits per heavy atom. The first kappa shape index (κ1) is 33.3. The van der Waals surface area contributed by atoms with Gasteiger partial charge in [0.25, 0.3) is 0 Å². The maximum Gasteiger partial charge on any atom is 0.407 e. The van der Waals surface area contributed by atoms with E-state index in [-0.39, 0.29) is 37.4 Å². The van der Waals surface area contributed by atoms with Crippen LogP contribution in [0.5, 0.6) is 0 Å². The lowest BCUT2D eigenvalue weighted by molar-refractivity contribution is -0.145. The van der Waals surface area contributed by atoms with Crippen molar-refractivity contribution >= 4 is 23.9 Å². The Hall–Kier alpha value is -4.18. The molecule has 232 valence electrons. The average Bonchev–Trinajstić information content (AvgIpc) is 3.29. The summed E-state index contributed by atoms with van der Waals surface area (Å²) in [5, 5.41) is 18.6. The number of hydrogen-bond donors (Lipinski definition) is 4. The summed E-state index contributed by atoms with van der Waals surface area (Å²) in [5.74, 6) is -2.36. The van der Waals surface area contributed by atoms with E-state index in [9.17, 15) is 24.3 Å². The van der Waals surface area contributed by atoms with Crippen LogP contribution in [0.1, 0.15) is 58.1 Å². The van der Waals surface area contributed by atoms with Crippen LogP contribution >= 0.6 is 0 Å². The number of carbonyl (C=O) groups excluding carboxylic acids is 4. The smallest absolute Gasteiger partial charge is 0.407 e. The lowest BCUT2D eigenvalue weighted by Crippen LogP contribution is -2.57. The van der Waals surface area contributed by atoms with E-state index in [2.05, 4.69) is 22.5 Å². The molecule has 0 heterocycles. The molecule has 0 aromatic heterocycles. The molecular weight excluding hydrogens is 550 g/mol. The fourth-order valence-corrected chi connectivity index (χ4v) is 5.18. The van der Waals surface area contributed by atoms with E-state index in [1.54, 1.807) is 27.7 Å². The minimum atomic E-state index is -1.19. The van der Waals surface area contributed by atoms with Crippen LogP contribution in [0, 0.1) is 11.8 Å². The van der Waals surface area contributed by atoms with Gasteiger partial charge in [-0.15, -0.1) is 0 Å². The molecule has 2 aromatic carbocycles. The quantitative estimate of drug-likeness (QED) is 0.193. The van der Waals surface area contributed by atoms with Crippen molar-refractivity contribution in [2.75, 3.05) is 13.2 Å². The Kier molecular flexibility index (Phi) is 11.9. The molecule has 0 radical (unpaired) electrons. The summed E-state index contributed by atoms with van der Waals surface area (Å²) in [6.07, 6.45) is -0.817. The lowest BCUT2D eigenvalue weighted by Gasteiger charge is -2.29. The normalized spacial score (nSPS) is 15.0. The van der Waals surface area contributed by atoms with Gasteiger partial charge in [-0.05, 0) is 41.0 Å². The topological polar surface area (TPSA) is 143 Å². The third kappa shape index (κ3) is 8.67. The van der Waals surface area contributed by atoms with Crippen molar-refractivity contribution in [3.8, 4) is 11.1 Å². The molecule has 4 atom stereocenters.